The van der Waals surface area contributed by atoms with E-state index in [0.29, 0.717) is 44.1 Å². The van der Waals surface area contributed by atoms with Crippen LogP contribution in [0.1, 0.15) is 27.7 Å². The second kappa shape index (κ2) is 6.97. The highest BCUT2D eigenvalue weighted by molar-refractivity contribution is 5.80. The van der Waals surface area contributed by atoms with Gasteiger partial charge in [0.15, 0.2) is 6.10 Å². The average molecular weight is 243 g/mol. The van der Waals surface area contributed by atoms with Gasteiger partial charge in [-0.05, 0) is 17.8 Å². The van der Waals surface area contributed by atoms with Crippen LogP contribution in [0.5, 0.6) is 0 Å². The smallest absolute Gasteiger partial charge is 0.251 e. The number of rotatable bonds is 5. The van der Waals surface area contributed by atoms with Gasteiger partial charge in [-0.3, -0.25) is 4.79 Å². The molecule has 1 aliphatic heterocycles. The fraction of sp³-hybridized carbons (Fsp3) is 0.923. The first kappa shape index (κ1) is 14.5. The Hall–Kier alpha value is -0.610. The lowest BCUT2D eigenvalue weighted by Crippen LogP contribution is -2.45. The topological polar surface area (TPSA) is 47.6 Å². The van der Waals surface area contributed by atoms with Crippen LogP contribution in [0.15, 0.2) is 0 Å². The Morgan fingerprint density at radius 1 is 1.24 bits per heavy atom. The number of carbonyl (C=O) groups excluding carboxylic acids is 1. The maximum absolute atomic E-state index is 11.8. The van der Waals surface area contributed by atoms with Gasteiger partial charge in [-0.15, -0.1) is 0 Å². The van der Waals surface area contributed by atoms with E-state index in [-0.39, 0.29) is 5.91 Å². The zero-order chi connectivity index (χ0) is 12.8. The van der Waals surface area contributed by atoms with E-state index in [1.165, 1.54) is 0 Å². The third-order valence-corrected chi connectivity index (χ3v) is 3.33. The lowest BCUT2D eigenvalue weighted by atomic mass is 9.85. The quantitative estimate of drug-likeness (QED) is 0.795. The minimum atomic E-state index is -0.427. The van der Waals surface area contributed by atoms with Crippen LogP contribution in [-0.2, 0) is 14.3 Å². The predicted octanol–water partition coefficient (Wildman–Crippen LogP) is 1.45. The SMILES string of the molecule is CC(C)C(CNC(=O)C1COCCO1)C(C)C. The number of nitrogens with one attached hydrogen (secondary N) is 1. The molecule has 0 aromatic carbocycles. The summed E-state index contributed by atoms with van der Waals surface area (Å²) < 4.78 is 10.6. The summed E-state index contributed by atoms with van der Waals surface area (Å²) in [6.07, 6.45) is -0.427. The van der Waals surface area contributed by atoms with Gasteiger partial charge in [0.05, 0.1) is 19.8 Å². The highest BCUT2D eigenvalue weighted by atomic mass is 16.6. The van der Waals surface area contributed by atoms with Gasteiger partial charge in [0.25, 0.3) is 5.91 Å². The highest BCUT2D eigenvalue weighted by Gasteiger charge is 2.24. The van der Waals surface area contributed by atoms with Crippen LogP contribution in [0.25, 0.3) is 0 Å². The third-order valence-electron chi connectivity index (χ3n) is 3.33. The molecule has 1 rings (SSSR count). The van der Waals surface area contributed by atoms with Crippen LogP contribution in [0, 0.1) is 17.8 Å². The molecule has 17 heavy (non-hydrogen) atoms. The molecule has 1 amide bonds. The molecule has 1 saturated heterocycles. The first-order valence-electron chi connectivity index (χ1n) is 6.49. The van der Waals surface area contributed by atoms with Gasteiger partial charge in [-0.2, -0.15) is 0 Å². The lowest BCUT2D eigenvalue weighted by molar-refractivity contribution is -0.147. The molecule has 0 spiro atoms. The molecule has 1 atom stereocenters. The summed E-state index contributed by atoms with van der Waals surface area (Å²) >= 11 is 0. The van der Waals surface area contributed by atoms with Crippen LogP contribution in [0.4, 0.5) is 0 Å². The molecule has 0 aromatic rings. The van der Waals surface area contributed by atoms with Crippen molar-refractivity contribution in [3.63, 3.8) is 0 Å². The molecule has 1 N–H and O–H groups in total. The molecular weight excluding hydrogens is 218 g/mol. The van der Waals surface area contributed by atoms with Crippen molar-refractivity contribution in [3.8, 4) is 0 Å². The average Bonchev–Trinajstić information content (AvgIpc) is 2.29. The molecule has 0 saturated carbocycles. The minimum Gasteiger partial charge on any atom is -0.376 e. The van der Waals surface area contributed by atoms with Crippen molar-refractivity contribution in [3.05, 3.63) is 0 Å². The van der Waals surface area contributed by atoms with Crippen LogP contribution >= 0.6 is 0 Å². The van der Waals surface area contributed by atoms with Gasteiger partial charge in [0, 0.05) is 6.54 Å². The predicted molar refractivity (Wildman–Crippen MR) is 66.7 cm³/mol. The Balaban J connectivity index is 2.35. The van der Waals surface area contributed by atoms with E-state index in [1.54, 1.807) is 0 Å². The highest BCUT2D eigenvalue weighted by Crippen LogP contribution is 2.19. The standard InChI is InChI=1S/C13H25NO3/c1-9(2)11(10(3)4)7-14-13(15)12-8-16-5-6-17-12/h9-12H,5-8H2,1-4H3,(H,14,15). The van der Waals surface area contributed by atoms with Crippen molar-refractivity contribution in [2.45, 2.75) is 33.8 Å². The second-order valence-corrected chi connectivity index (χ2v) is 5.33. The Kier molecular flexibility index (Phi) is 5.92. The fourth-order valence-corrected chi connectivity index (χ4v) is 2.21. The molecule has 1 unspecified atom stereocenters. The molecule has 1 aliphatic rings. The van der Waals surface area contributed by atoms with Gasteiger partial charge < -0.3 is 14.8 Å². The summed E-state index contributed by atoms with van der Waals surface area (Å²) in [4.78, 5) is 11.8. The molecule has 0 aromatic heterocycles. The zero-order valence-corrected chi connectivity index (χ0v) is 11.4. The number of ether oxygens (including phenoxy) is 2. The summed E-state index contributed by atoms with van der Waals surface area (Å²) in [6, 6.07) is 0. The Morgan fingerprint density at radius 3 is 2.35 bits per heavy atom. The van der Waals surface area contributed by atoms with Crippen molar-refractivity contribution in [1.29, 1.82) is 0 Å². The van der Waals surface area contributed by atoms with E-state index in [4.69, 9.17) is 9.47 Å². The third kappa shape index (κ3) is 4.64. The molecule has 1 heterocycles. The lowest BCUT2D eigenvalue weighted by Gasteiger charge is -2.27. The molecule has 100 valence electrons. The van der Waals surface area contributed by atoms with E-state index in [1.807, 2.05) is 0 Å². The van der Waals surface area contributed by atoms with Crippen molar-refractivity contribution in [2.24, 2.45) is 17.8 Å². The first-order chi connectivity index (χ1) is 8.02. The first-order valence-corrected chi connectivity index (χ1v) is 6.49. The Bertz CT molecular complexity index is 227. The monoisotopic (exact) mass is 243 g/mol. The Morgan fingerprint density at radius 2 is 1.88 bits per heavy atom. The van der Waals surface area contributed by atoms with Crippen molar-refractivity contribution in [1.82, 2.24) is 5.32 Å². The van der Waals surface area contributed by atoms with Crippen LogP contribution in [0.2, 0.25) is 0 Å². The second-order valence-electron chi connectivity index (χ2n) is 5.33. The van der Waals surface area contributed by atoms with Crippen LogP contribution in [0.3, 0.4) is 0 Å². The van der Waals surface area contributed by atoms with E-state index in [0.717, 1.165) is 0 Å². The number of hydrogen-bond donors (Lipinski definition) is 1. The summed E-state index contributed by atoms with van der Waals surface area (Å²) in [5.74, 6) is 1.59. The van der Waals surface area contributed by atoms with E-state index in [2.05, 4.69) is 33.0 Å². The maximum Gasteiger partial charge on any atom is 0.251 e. The van der Waals surface area contributed by atoms with Gasteiger partial charge in [-0.25, -0.2) is 0 Å². The molecule has 0 radical (unpaired) electrons. The van der Waals surface area contributed by atoms with Gasteiger partial charge in [0.2, 0.25) is 0 Å². The molecule has 0 aliphatic carbocycles. The molecule has 1 fully saturated rings. The Labute approximate surface area is 104 Å². The summed E-state index contributed by atoms with van der Waals surface area (Å²) in [7, 11) is 0. The fourth-order valence-electron chi connectivity index (χ4n) is 2.21. The summed E-state index contributed by atoms with van der Waals surface area (Å²) in [5.41, 5.74) is 0. The normalized spacial score (nSPS) is 21.2. The summed E-state index contributed by atoms with van der Waals surface area (Å²) in [6.45, 7) is 11.0. The molecule has 0 bridgehead atoms. The van der Waals surface area contributed by atoms with Crippen LogP contribution in [-0.4, -0.2) is 38.4 Å². The number of amides is 1. The van der Waals surface area contributed by atoms with Crippen LogP contribution < -0.4 is 5.32 Å². The van der Waals surface area contributed by atoms with E-state index >= 15 is 0 Å². The van der Waals surface area contributed by atoms with Crippen molar-refractivity contribution >= 4 is 5.91 Å². The summed E-state index contributed by atoms with van der Waals surface area (Å²) in [5, 5.41) is 2.97. The van der Waals surface area contributed by atoms with E-state index < -0.39 is 6.10 Å². The molecular formula is C13H25NO3. The number of carbonyl (C=O) groups is 1. The van der Waals surface area contributed by atoms with Gasteiger partial charge in [0.1, 0.15) is 0 Å². The van der Waals surface area contributed by atoms with E-state index in [9.17, 15) is 4.79 Å². The minimum absolute atomic E-state index is 0.0454. The van der Waals surface area contributed by atoms with Gasteiger partial charge >= 0.3 is 0 Å². The molecule has 4 nitrogen and oxygen atoms in total. The molecule has 4 heteroatoms. The zero-order valence-electron chi connectivity index (χ0n) is 11.4. The van der Waals surface area contributed by atoms with Gasteiger partial charge in [-0.1, -0.05) is 27.7 Å². The largest absolute Gasteiger partial charge is 0.376 e. The van der Waals surface area contributed by atoms with Crippen molar-refractivity contribution in [2.75, 3.05) is 26.4 Å². The number of hydrogen-bond acceptors (Lipinski definition) is 3. The maximum atomic E-state index is 11.8. The van der Waals surface area contributed by atoms with Crippen molar-refractivity contribution < 1.29 is 14.3 Å².